The topological polar surface area (TPSA) is 75.6 Å². The van der Waals surface area contributed by atoms with Gasteiger partial charge in [-0.1, -0.05) is 13.3 Å². The van der Waals surface area contributed by atoms with Crippen LogP contribution in [0.4, 0.5) is 0 Å². The maximum atomic E-state index is 11.4. The number of carboxylic acids is 1. The Kier molecular flexibility index (Phi) is 7.54. The zero-order chi connectivity index (χ0) is 13.3. The van der Waals surface area contributed by atoms with E-state index in [0.717, 1.165) is 12.8 Å². The first kappa shape index (κ1) is 15.9. The molecule has 0 aliphatic carbocycles. The smallest absolute Gasteiger partial charge is 0.309 e. The minimum atomic E-state index is -1.02. The van der Waals surface area contributed by atoms with Gasteiger partial charge in [0, 0.05) is 19.6 Å². The Morgan fingerprint density at radius 3 is 2.47 bits per heavy atom. The first-order valence-electron chi connectivity index (χ1n) is 5.98. The summed E-state index contributed by atoms with van der Waals surface area (Å²) >= 11 is 0. The Labute approximate surface area is 103 Å². The summed E-state index contributed by atoms with van der Waals surface area (Å²) in [4.78, 5) is 22.2. The van der Waals surface area contributed by atoms with Crippen molar-refractivity contribution in [2.75, 3.05) is 19.8 Å². The zero-order valence-electron chi connectivity index (χ0n) is 10.9. The molecule has 0 radical (unpaired) electrons. The summed E-state index contributed by atoms with van der Waals surface area (Å²) in [5.74, 6) is -1.22. The van der Waals surface area contributed by atoms with E-state index in [1.807, 2.05) is 0 Å². The number of hydrogen-bond donors (Lipinski definition) is 2. The molecule has 0 aromatic heterocycles. The Morgan fingerprint density at radius 1 is 1.29 bits per heavy atom. The van der Waals surface area contributed by atoms with Gasteiger partial charge in [0.2, 0.25) is 5.91 Å². The van der Waals surface area contributed by atoms with E-state index in [2.05, 4.69) is 12.2 Å². The molecule has 2 N–H and O–H groups in total. The molecule has 0 unspecified atom stereocenters. The van der Waals surface area contributed by atoms with Gasteiger partial charge in [0.15, 0.2) is 0 Å². The molecule has 17 heavy (non-hydrogen) atoms. The number of aliphatic carboxylic acids is 1. The molecule has 0 heterocycles. The fourth-order valence-electron chi connectivity index (χ4n) is 1.15. The van der Waals surface area contributed by atoms with Gasteiger partial charge >= 0.3 is 5.97 Å². The van der Waals surface area contributed by atoms with E-state index >= 15 is 0 Å². The van der Waals surface area contributed by atoms with Crippen LogP contribution in [0.15, 0.2) is 0 Å². The minimum Gasteiger partial charge on any atom is -0.481 e. The van der Waals surface area contributed by atoms with Crippen molar-refractivity contribution < 1.29 is 19.4 Å². The molecule has 0 saturated carbocycles. The molecule has 0 aliphatic rings. The lowest BCUT2D eigenvalue weighted by Crippen LogP contribution is -2.34. The Bertz CT molecular complexity index is 251. The molecule has 0 spiro atoms. The fraction of sp³-hybridized carbons (Fsp3) is 0.833. The summed E-state index contributed by atoms with van der Waals surface area (Å²) in [5.41, 5.74) is -1.02. The van der Waals surface area contributed by atoms with E-state index in [1.54, 1.807) is 0 Å². The van der Waals surface area contributed by atoms with Crippen LogP contribution in [0.1, 0.15) is 40.0 Å². The van der Waals surface area contributed by atoms with Crippen LogP contribution < -0.4 is 5.32 Å². The molecule has 0 aromatic rings. The summed E-state index contributed by atoms with van der Waals surface area (Å²) in [6.07, 6.45) is 2.08. The van der Waals surface area contributed by atoms with Gasteiger partial charge in [-0.25, -0.2) is 0 Å². The lowest BCUT2D eigenvalue weighted by Gasteiger charge is -2.18. The van der Waals surface area contributed by atoms with Crippen LogP contribution in [0.2, 0.25) is 0 Å². The predicted molar refractivity (Wildman–Crippen MR) is 64.8 cm³/mol. The van der Waals surface area contributed by atoms with Crippen molar-refractivity contribution in [1.82, 2.24) is 5.32 Å². The Morgan fingerprint density at radius 2 is 1.94 bits per heavy atom. The summed E-state index contributed by atoms with van der Waals surface area (Å²) in [6, 6.07) is 0. The highest BCUT2D eigenvalue weighted by molar-refractivity contribution is 5.84. The molecule has 0 fully saturated rings. The SMILES string of the molecule is CCCCOCCNC(=O)CC(C)(C)C(=O)O. The third kappa shape index (κ3) is 7.74. The number of rotatable bonds is 9. The number of unbranched alkanes of at least 4 members (excludes halogenated alkanes) is 1. The third-order valence-corrected chi connectivity index (χ3v) is 2.39. The van der Waals surface area contributed by atoms with Gasteiger partial charge in [-0.3, -0.25) is 9.59 Å². The highest BCUT2D eigenvalue weighted by atomic mass is 16.5. The second kappa shape index (κ2) is 8.06. The van der Waals surface area contributed by atoms with Crippen LogP contribution in [0.5, 0.6) is 0 Å². The van der Waals surface area contributed by atoms with Gasteiger partial charge in [0.1, 0.15) is 0 Å². The first-order valence-corrected chi connectivity index (χ1v) is 5.98. The van der Waals surface area contributed by atoms with Gasteiger partial charge in [-0.15, -0.1) is 0 Å². The number of amides is 1. The molecule has 0 saturated heterocycles. The molecular weight excluding hydrogens is 222 g/mol. The second-order valence-corrected chi connectivity index (χ2v) is 4.68. The monoisotopic (exact) mass is 245 g/mol. The van der Waals surface area contributed by atoms with E-state index in [0.29, 0.717) is 19.8 Å². The van der Waals surface area contributed by atoms with Gasteiger partial charge in [-0.2, -0.15) is 0 Å². The summed E-state index contributed by atoms with van der Waals surface area (Å²) < 4.78 is 5.27. The summed E-state index contributed by atoms with van der Waals surface area (Å²) in [6.45, 7) is 6.75. The highest BCUT2D eigenvalue weighted by Gasteiger charge is 2.29. The average molecular weight is 245 g/mol. The maximum absolute atomic E-state index is 11.4. The number of ether oxygens (including phenoxy) is 1. The molecule has 5 heteroatoms. The number of hydrogen-bond acceptors (Lipinski definition) is 3. The van der Waals surface area contributed by atoms with Crippen LogP contribution in [0, 0.1) is 5.41 Å². The Hall–Kier alpha value is -1.10. The lowest BCUT2D eigenvalue weighted by atomic mass is 9.89. The fourth-order valence-corrected chi connectivity index (χ4v) is 1.15. The van der Waals surface area contributed by atoms with Crippen LogP contribution in [-0.2, 0) is 14.3 Å². The van der Waals surface area contributed by atoms with Crippen molar-refractivity contribution in [3.8, 4) is 0 Å². The van der Waals surface area contributed by atoms with Crippen molar-refractivity contribution in [1.29, 1.82) is 0 Å². The molecule has 1 amide bonds. The van der Waals surface area contributed by atoms with Crippen LogP contribution in [0.25, 0.3) is 0 Å². The first-order chi connectivity index (χ1) is 7.90. The standard InChI is InChI=1S/C12H23NO4/c1-4-5-7-17-8-6-13-10(14)9-12(2,3)11(15)16/h4-9H2,1-3H3,(H,13,14)(H,15,16). The van der Waals surface area contributed by atoms with Crippen LogP contribution in [0.3, 0.4) is 0 Å². The van der Waals surface area contributed by atoms with E-state index in [9.17, 15) is 9.59 Å². The second-order valence-electron chi connectivity index (χ2n) is 4.68. The highest BCUT2D eigenvalue weighted by Crippen LogP contribution is 2.19. The van der Waals surface area contributed by atoms with Gasteiger partial charge in [0.25, 0.3) is 0 Å². The van der Waals surface area contributed by atoms with E-state index in [4.69, 9.17) is 9.84 Å². The molecule has 0 aliphatic heterocycles. The molecule has 0 aromatic carbocycles. The number of carbonyl (C=O) groups is 2. The molecular formula is C12H23NO4. The largest absolute Gasteiger partial charge is 0.481 e. The van der Waals surface area contributed by atoms with Crippen molar-refractivity contribution in [3.05, 3.63) is 0 Å². The quantitative estimate of drug-likeness (QED) is 0.602. The Balaban J connectivity index is 3.63. The predicted octanol–water partition coefficient (Wildman–Crippen LogP) is 1.42. The van der Waals surface area contributed by atoms with Gasteiger partial charge in [-0.05, 0) is 20.3 Å². The third-order valence-electron chi connectivity index (χ3n) is 2.39. The van der Waals surface area contributed by atoms with Crippen molar-refractivity contribution in [2.45, 2.75) is 40.0 Å². The number of carboxylic acid groups (broad SMARTS) is 1. The zero-order valence-corrected chi connectivity index (χ0v) is 10.9. The molecule has 0 atom stereocenters. The molecule has 100 valence electrons. The maximum Gasteiger partial charge on any atom is 0.309 e. The summed E-state index contributed by atoms with van der Waals surface area (Å²) in [5, 5.41) is 11.5. The molecule has 5 nitrogen and oxygen atoms in total. The molecule has 0 rings (SSSR count). The molecule has 0 bridgehead atoms. The van der Waals surface area contributed by atoms with E-state index < -0.39 is 11.4 Å². The van der Waals surface area contributed by atoms with Gasteiger partial charge in [0.05, 0.1) is 12.0 Å². The van der Waals surface area contributed by atoms with Crippen molar-refractivity contribution in [3.63, 3.8) is 0 Å². The van der Waals surface area contributed by atoms with E-state index in [1.165, 1.54) is 13.8 Å². The van der Waals surface area contributed by atoms with Crippen LogP contribution in [-0.4, -0.2) is 36.7 Å². The number of carbonyl (C=O) groups excluding carboxylic acids is 1. The number of nitrogens with one attached hydrogen (secondary N) is 1. The normalized spacial score (nSPS) is 11.2. The van der Waals surface area contributed by atoms with Gasteiger partial charge < -0.3 is 15.2 Å². The van der Waals surface area contributed by atoms with Crippen LogP contribution >= 0.6 is 0 Å². The lowest BCUT2D eigenvalue weighted by molar-refractivity contribution is -0.149. The minimum absolute atomic E-state index is 0.0166. The van der Waals surface area contributed by atoms with Crippen molar-refractivity contribution in [2.24, 2.45) is 5.41 Å². The average Bonchev–Trinajstić information content (AvgIpc) is 2.22. The van der Waals surface area contributed by atoms with E-state index in [-0.39, 0.29) is 12.3 Å². The summed E-state index contributed by atoms with van der Waals surface area (Å²) in [7, 11) is 0. The van der Waals surface area contributed by atoms with Crippen molar-refractivity contribution >= 4 is 11.9 Å².